The lowest BCUT2D eigenvalue weighted by atomic mass is 9.89. The molecule has 20 heavy (non-hydrogen) atoms. The molecule has 0 bridgehead atoms. The molecule has 2 unspecified atom stereocenters. The summed E-state index contributed by atoms with van der Waals surface area (Å²) in [7, 11) is 0. The van der Waals surface area contributed by atoms with Gasteiger partial charge in [-0.2, -0.15) is 0 Å². The third kappa shape index (κ3) is 3.30. The molecule has 0 radical (unpaired) electrons. The predicted molar refractivity (Wildman–Crippen MR) is 90.9 cm³/mol. The molecule has 2 heteroatoms. The molecule has 2 aromatic carbocycles. The smallest absolute Gasteiger partial charge is 0.0619 e. The second kappa shape index (κ2) is 7.33. The quantitative estimate of drug-likeness (QED) is 0.504. The van der Waals surface area contributed by atoms with Crippen molar-refractivity contribution < 1.29 is 0 Å². The second-order valence-electron chi connectivity index (χ2n) is 5.39. The van der Waals surface area contributed by atoms with Gasteiger partial charge < -0.3 is 0 Å². The molecule has 2 atom stereocenters. The van der Waals surface area contributed by atoms with Crippen LogP contribution >= 0.6 is 23.2 Å². The monoisotopic (exact) mass is 308 g/mol. The third-order valence-electron chi connectivity index (χ3n) is 4.07. The van der Waals surface area contributed by atoms with Gasteiger partial charge in [0.2, 0.25) is 0 Å². The van der Waals surface area contributed by atoms with E-state index in [-0.39, 0.29) is 5.38 Å². The van der Waals surface area contributed by atoms with E-state index in [9.17, 15) is 0 Å². The van der Waals surface area contributed by atoms with E-state index in [1.54, 1.807) is 0 Å². The highest BCUT2D eigenvalue weighted by Gasteiger charge is 2.21. The molecule has 2 rings (SSSR count). The molecule has 0 heterocycles. The van der Waals surface area contributed by atoms with Crippen molar-refractivity contribution >= 4 is 34.0 Å². The van der Waals surface area contributed by atoms with E-state index in [2.05, 4.69) is 38.1 Å². The Labute approximate surface area is 132 Å². The molecule has 0 aliphatic carbocycles. The van der Waals surface area contributed by atoms with E-state index in [1.165, 1.54) is 30.2 Å². The maximum atomic E-state index is 6.80. The lowest BCUT2D eigenvalue weighted by molar-refractivity contribution is 0.438. The zero-order valence-corrected chi connectivity index (χ0v) is 13.7. The van der Waals surface area contributed by atoms with Crippen LogP contribution in [0.2, 0.25) is 5.02 Å². The summed E-state index contributed by atoms with van der Waals surface area (Å²) in [6, 6.07) is 12.3. The van der Waals surface area contributed by atoms with Crippen LogP contribution in [0.3, 0.4) is 0 Å². The minimum atomic E-state index is 0.0636. The molecule has 0 N–H and O–H groups in total. The Bertz CT molecular complexity index is 562. The standard InChI is InChI=1S/C18H22Cl2/c1-3-5-8-13(4-2)18(20)16-11-12-17(19)15-10-7-6-9-14(15)16/h6-7,9-13,18H,3-5,8H2,1-2H3. The highest BCUT2D eigenvalue weighted by atomic mass is 35.5. The number of rotatable bonds is 6. The molecular weight excluding hydrogens is 287 g/mol. The Hall–Kier alpha value is -0.720. The summed E-state index contributed by atoms with van der Waals surface area (Å²) in [6.45, 7) is 4.46. The van der Waals surface area contributed by atoms with Crippen LogP contribution in [0.15, 0.2) is 36.4 Å². The highest BCUT2D eigenvalue weighted by Crippen LogP contribution is 2.39. The van der Waals surface area contributed by atoms with Gasteiger partial charge in [-0.15, -0.1) is 11.6 Å². The number of alkyl halides is 1. The van der Waals surface area contributed by atoms with Crippen LogP contribution in [0.5, 0.6) is 0 Å². The number of unbranched alkanes of at least 4 members (excludes halogenated alkanes) is 1. The van der Waals surface area contributed by atoms with Crippen molar-refractivity contribution in [1.29, 1.82) is 0 Å². The first-order chi connectivity index (χ1) is 9.69. The van der Waals surface area contributed by atoms with Gasteiger partial charge in [-0.3, -0.25) is 0 Å². The van der Waals surface area contributed by atoms with E-state index in [1.807, 2.05) is 12.1 Å². The van der Waals surface area contributed by atoms with Crippen molar-refractivity contribution in [2.75, 3.05) is 0 Å². The van der Waals surface area contributed by atoms with Crippen LogP contribution in [0.25, 0.3) is 10.8 Å². The first-order valence-electron chi connectivity index (χ1n) is 7.50. The van der Waals surface area contributed by atoms with Crippen molar-refractivity contribution in [2.24, 2.45) is 5.92 Å². The van der Waals surface area contributed by atoms with Crippen LogP contribution in [0, 0.1) is 5.92 Å². The normalized spacial score (nSPS) is 14.4. The van der Waals surface area contributed by atoms with Gasteiger partial charge in [0.05, 0.1) is 5.38 Å². The van der Waals surface area contributed by atoms with Gasteiger partial charge in [0.15, 0.2) is 0 Å². The van der Waals surface area contributed by atoms with Crippen molar-refractivity contribution in [1.82, 2.24) is 0 Å². The lowest BCUT2D eigenvalue weighted by Crippen LogP contribution is -2.08. The minimum absolute atomic E-state index is 0.0636. The molecule has 0 aliphatic rings. The van der Waals surface area contributed by atoms with Gasteiger partial charge in [-0.25, -0.2) is 0 Å². The number of fused-ring (bicyclic) bond motifs is 1. The average molecular weight is 309 g/mol. The molecule has 0 aromatic heterocycles. The topological polar surface area (TPSA) is 0 Å². The van der Waals surface area contributed by atoms with Crippen molar-refractivity contribution in [3.8, 4) is 0 Å². The molecule has 0 nitrogen and oxygen atoms in total. The second-order valence-corrected chi connectivity index (χ2v) is 6.27. The summed E-state index contributed by atoms with van der Waals surface area (Å²) in [5, 5.41) is 3.15. The molecular formula is C18H22Cl2. The lowest BCUT2D eigenvalue weighted by Gasteiger charge is -2.22. The predicted octanol–water partition coefficient (Wildman–Crippen LogP) is 6.99. The van der Waals surface area contributed by atoms with Gasteiger partial charge in [-0.05, 0) is 29.4 Å². The van der Waals surface area contributed by atoms with E-state index in [4.69, 9.17) is 23.2 Å². The Kier molecular flexibility index (Phi) is 5.74. The summed E-state index contributed by atoms with van der Waals surface area (Å²) < 4.78 is 0. The Balaban J connectivity index is 2.38. The van der Waals surface area contributed by atoms with Crippen molar-refractivity contribution in [3.63, 3.8) is 0 Å². The van der Waals surface area contributed by atoms with Crippen LogP contribution < -0.4 is 0 Å². The van der Waals surface area contributed by atoms with Gasteiger partial charge in [-0.1, -0.05) is 75.0 Å². The Morgan fingerprint density at radius 2 is 1.70 bits per heavy atom. The fraction of sp³-hybridized carbons (Fsp3) is 0.444. The number of hydrogen-bond acceptors (Lipinski definition) is 0. The van der Waals surface area contributed by atoms with Gasteiger partial charge in [0, 0.05) is 10.4 Å². The van der Waals surface area contributed by atoms with E-state index >= 15 is 0 Å². The number of hydrogen-bond donors (Lipinski definition) is 0. The summed E-state index contributed by atoms with van der Waals surface area (Å²) in [5.41, 5.74) is 1.22. The van der Waals surface area contributed by atoms with Crippen LogP contribution in [-0.2, 0) is 0 Å². The molecule has 108 valence electrons. The fourth-order valence-electron chi connectivity index (χ4n) is 2.80. The summed E-state index contributed by atoms with van der Waals surface area (Å²) in [6.07, 6.45) is 4.78. The molecule has 0 amide bonds. The van der Waals surface area contributed by atoms with E-state index in [0.29, 0.717) is 5.92 Å². The number of halogens is 2. The Morgan fingerprint density at radius 1 is 1.00 bits per heavy atom. The Morgan fingerprint density at radius 3 is 2.35 bits per heavy atom. The molecule has 0 saturated carbocycles. The van der Waals surface area contributed by atoms with Crippen molar-refractivity contribution in [2.45, 2.75) is 44.9 Å². The first-order valence-corrected chi connectivity index (χ1v) is 8.31. The molecule has 0 saturated heterocycles. The van der Waals surface area contributed by atoms with Crippen LogP contribution in [0.1, 0.15) is 50.5 Å². The zero-order chi connectivity index (χ0) is 14.5. The minimum Gasteiger partial charge on any atom is -0.117 e. The maximum absolute atomic E-state index is 6.80. The zero-order valence-electron chi connectivity index (χ0n) is 12.2. The average Bonchev–Trinajstić information content (AvgIpc) is 2.48. The summed E-state index contributed by atoms with van der Waals surface area (Å²) in [5.74, 6) is 0.529. The first kappa shape index (κ1) is 15.7. The third-order valence-corrected chi connectivity index (χ3v) is 4.99. The SMILES string of the molecule is CCCCC(CC)C(Cl)c1ccc(Cl)c2ccccc12. The highest BCUT2D eigenvalue weighted by molar-refractivity contribution is 6.35. The molecule has 0 spiro atoms. The number of benzene rings is 2. The molecule has 0 fully saturated rings. The van der Waals surface area contributed by atoms with Gasteiger partial charge in [0.25, 0.3) is 0 Å². The van der Waals surface area contributed by atoms with Gasteiger partial charge >= 0.3 is 0 Å². The summed E-state index contributed by atoms with van der Waals surface area (Å²) >= 11 is 13.1. The van der Waals surface area contributed by atoms with Crippen molar-refractivity contribution in [3.05, 3.63) is 47.0 Å². The van der Waals surface area contributed by atoms with E-state index < -0.39 is 0 Å². The van der Waals surface area contributed by atoms with Crippen LogP contribution in [-0.4, -0.2) is 0 Å². The maximum Gasteiger partial charge on any atom is 0.0619 e. The summed E-state index contributed by atoms with van der Waals surface area (Å²) in [4.78, 5) is 0. The van der Waals surface area contributed by atoms with Gasteiger partial charge in [0.1, 0.15) is 0 Å². The largest absolute Gasteiger partial charge is 0.117 e. The van der Waals surface area contributed by atoms with E-state index in [0.717, 1.165) is 16.8 Å². The molecule has 0 aliphatic heterocycles. The van der Waals surface area contributed by atoms with Crippen LogP contribution in [0.4, 0.5) is 0 Å². The molecule has 2 aromatic rings. The fourth-order valence-corrected chi connectivity index (χ4v) is 3.53.